The molecule has 0 aliphatic heterocycles. The number of rotatable bonds is 5. The van der Waals surface area contributed by atoms with Crippen LogP contribution in [-0.2, 0) is 16.2 Å². The van der Waals surface area contributed by atoms with Crippen LogP contribution in [0.1, 0.15) is 43.1 Å². The zero-order valence-corrected chi connectivity index (χ0v) is 16.7. The molecule has 2 heterocycles. The molecule has 5 nitrogen and oxygen atoms in total. The first-order chi connectivity index (χ1) is 13.7. The number of benzene rings is 1. The molecule has 10 heteroatoms. The second-order valence-corrected chi connectivity index (χ2v) is 9.84. The Labute approximate surface area is 169 Å². The molecule has 0 radical (unpaired) electrons. The predicted octanol–water partition coefficient (Wildman–Crippen LogP) is 5.88. The minimum Gasteiger partial charge on any atom is -0.440 e. The Morgan fingerprint density at radius 2 is 1.76 bits per heavy atom. The van der Waals surface area contributed by atoms with Crippen LogP contribution in [0, 0.1) is 0 Å². The van der Waals surface area contributed by atoms with E-state index in [1.165, 1.54) is 6.07 Å². The quantitative estimate of drug-likeness (QED) is 0.536. The SMILES string of the molecule is O=S(=O)(Nc1ccc(C(F)(F)F)cc1)c1ccc(-c2cnc(C3CCCC3)o2)s1. The van der Waals surface area contributed by atoms with E-state index in [1.807, 2.05) is 0 Å². The second kappa shape index (κ2) is 7.49. The van der Waals surface area contributed by atoms with E-state index in [1.54, 1.807) is 12.3 Å². The number of sulfonamides is 1. The van der Waals surface area contributed by atoms with Crippen LogP contribution >= 0.6 is 11.3 Å². The lowest BCUT2D eigenvalue weighted by Crippen LogP contribution is -2.12. The van der Waals surface area contributed by atoms with E-state index in [2.05, 4.69) is 9.71 Å². The highest BCUT2D eigenvalue weighted by Crippen LogP contribution is 2.37. The third kappa shape index (κ3) is 4.32. The van der Waals surface area contributed by atoms with Gasteiger partial charge in [0.15, 0.2) is 11.7 Å². The molecule has 1 aromatic carbocycles. The largest absolute Gasteiger partial charge is 0.440 e. The molecule has 1 fully saturated rings. The monoisotopic (exact) mass is 442 g/mol. The minimum absolute atomic E-state index is 0.0335. The lowest BCUT2D eigenvalue weighted by atomic mass is 10.1. The first kappa shape index (κ1) is 20.0. The van der Waals surface area contributed by atoms with Gasteiger partial charge in [0.2, 0.25) is 0 Å². The summed E-state index contributed by atoms with van der Waals surface area (Å²) in [4.78, 5) is 4.94. The molecule has 1 saturated carbocycles. The molecular formula is C19H17F3N2O3S2. The van der Waals surface area contributed by atoms with Crippen molar-refractivity contribution in [3.8, 4) is 10.6 Å². The molecule has 29 heavy (non-hydrogen) atoms. The molecule has 4 rings (SSSR count). The van der Waals surface area contributed by atoms with Gasteiger partial charge in [0.1, 0.15) is 4.21 Å². The van der Waals surface area contributed by atoms with E-state index in [0.717, 1.165) is 61.3 Å². The van der Waals surface area contributed by atoms with Gasteiger partial charge < -0.3 is 4.42 Å². The van der Waals surface area contributed by atoms with Gasteiger partial charge in [-0.1, -0.05) is 12.8 Å². The molecule has 0 spiro atoms. The van der Waals surface area contributed by atoms with E-state index in [0.29, 0.717) is 22.4 Å². The number of alkyl halides is 3. The van der Waals surface area contributed by atoms with Crippen LogP contribution in [-0.4, -0.2) is 13.4 Å². The summed E-state index contributed by atoms with van der Waals surface area (Å²) in [7, 11) is -3.93. The van der Waals surface area contributed by atoms with Gasteiger partial charge in [0, 0.05) is 11.6 Å². The van der Waals surface area contributed by atoms with Crippen molar-refractivity contribution in [2.75, 3.05) is 4.72 Å². The number of anilines is 1. The summed E-state index contributed by atoms with van der Waals surface area (Å²) in [6, 6.07) is 6.89. The van der Waals surface area contributed by atoms with Crippen LogP contribution < -0.4 is 4.72 Å². The van der Waals surface area contributed by atoms with Gasteiger partial charge in [-0.3, -0.25) is 4.72 Å². The highest BCUT2D eigenvalue weighted by atomic mass is 32.2. The fourth-order valence-corrected chi connectivity index (χ4v) is 5.60. The number of halogens is 3. The van der Waals surface area contributed by atoms with Gasteiger partial charge in [-0.25, -0.2) is 13.4 Å². The van der Waals surface area contributed by atoms with Crippen LogP contribution in [0.2, 0.25) is 0 Å². The number of nitrogens with one attached hydrogen (secondary N) is 1. The first-order valence-corrected chi connectivity index (χ1v) is 11.3. The molecule has 1 N–H and O–H groups in total. The number of hydrogen-bond donors (Lipinski definition) is 1. The maximum absolute atomic E-state index is 12.6. The van der Waals surface area contributed by atoms with E-state index in [4.69, 9.17) is 4.42 Å². The Morgan fingerprint density at radius 3 is 2.41 bits per heavy atom. The normalized spacial score (nSPS) is 15.7. The minimum atomic E-state index is -4.48. The molecule has 0 bridgehead atoms. The van der Waals surface area contributed by atoms with Crippen molar-refractivity contribution in [2.24, 2.45) is 0 Å². The summed E-state index contributed by atoms with van der Waals surface area (Å²) in [5.74, 6) is 1.50. The first-order valence-electron chi connectivity index (χ1n) is 8.98. The molecule has 154 valence electrons. The molecule has 0 amide bonds. The van der Waals surface area contributed by atoms with Crippen molar-refractivity contribution >= 4 is 27.0 Å². The lowest BCUT2D eigenvalue weighted by molar-refractivity contribution is -0.137. The van der Waals surface area contributed by atoms with Crippen LogP contribution in [0.5, 0.6) is 0 Å². The average Bonchev–Trinajstić information content (AvgIpc) is 3.40. The van der Waals surface area contributed by atoms with Gasteiger partial charge >= 0.3 is 6.18 Å². The predicted molar refractivity (Wildman–Crippen MR) is 103 cm³/mol. The van der Waals surface area contributed by atoms with Crippen LogP contribution in [0.4, 0.5) is 18.9 Å². The fourth-order valence-electron chi connectivity index (χ4n) is 3.29. The molecule has 3 aromatic rings. The number of aromatic nitrogens is 1. The van der Waals surface area contributed by atoms with Crippen LogP contribution in [0.3, 0.4) is 0 Å². The molecule has 0 atom stereocenters. The van der Waals surface area contributed by atoms with Gasteiger partial charge in [0.25, 0.3) is 10.0 Å². The van der Waals surface area contributed by atoms with Crippen molar-refractivity contribution in [2.45, 2.75) is 42.0 Å². The number of thiophene rings is 1. The van der Waals surface area contributed by atoms with Gasteiger partial charge in [0.05, 0.1) is 16.6 Å². The Bertz CT molecular complexity index is 1100. The zero-order valence-electron chi connectivity index (χ0n) is 15.1. The van der Waals surface area contributed by atoms with Crippen molar-refractivity contribution in [3.05, 3.63) is 54.0 Å². The lowest BCUT2D eigenvalue weighted by Gasteiger charge is -2.09. The Kier molecular flexibility index (Phi) is 5.16. The van der Waals surface area contributed by atoms with Gasteiger partial charge in [-0.15, -0.1) is 11.3 Å². The number of oxazole rings is 1. The van der Waals surface area contributed by atoms with Crippen molar-refractivity contribution in [3.63, 3.8) is 0 Å². The molecular weight excluding hydrogens is 425 g/mol. The van der Waals surface area contributed by atoms with E-state index < -0.39 is 21.8 Å². The third-order valence-corrected chi connectivity index (χ3v) is 7.75. The van der Waals surface area contributed by atoms with Crippen molar-refractivity contribution in [1.82, 2.24) is 4.98 Å². The van der Waals surface area contributed by atoms with Crippen LogP contribution in [0.25, 0.3) is 10.6 Å². The maximum Gasteiger partial charge on any atom is 0.416 e. The maximum atomic E-state index is 12.6. The summed E-state index contributed by atoms with van der Waals surface area (Å²) in [5.41, 5.74) is -0.793. The second-order valence-electron chi connectivity index (χ2n) is 6.84. The summed E-state index contributed by atoms with van der Waals surface area (Å²) < 4.78 is 71.2. The molecule has 1 aliphatic carbocycles. The Balaban J connectivity index is 1.51. The molecule has 1 aliphatic rings. The fraction of sp³-hybridized carbons (Fsp3) is 0.316. The van der Waals surface area contributed by atoms with E-state index in [-0.39, 0.29) is 9.90 Å². The highest BCUT2D eigenvalue weighted by Gasteiger charge is 2.30. The van der Waals surface area contributed by atoms with Gasteiger partial charge in [-0.2, -0.15) is 13.2 Å². The van der Waals surface area contributed by atoms with E-state index in [9.17, 15) is 21.6 Å². The summed E-state index contributed by atoms with van der Waals surface area (Å²) in [6.07, 6.45) is 1.51. The Hall–Kier alpha value is -2.33. The van der Waals surface area contributed by atoms with Gasteiger partial charge in [-0.05, 0) is 49.2 Å². The topological polar surface area (TPSA) is 72.2 Å². The molecule has 2 aromatic heterocycles. The van der Waals surface area contributed by atoms with Crippen LogP contribution in [0.15, 0.2) is 51.2 Å². The summed E-state index contributed by atoms with van der Waals surface area (Å²) in [6.45, 7) is 0. The zero-order chi connectivity index (χ0) is 20.6. The third-order valence-electron chi connectivity index (χ3n) is 4.78. The number of hydrogen-bond acceptors (Lipinski definition) is 5. The summed E-state index contributed by atoms with van der Waals surface area (Å²) >= 11 is 1.01. The van der Waals surface area contributed by atoms with E-state index >= 15 is 0 Å². The number of nitrogens with zero attached hydrogens (tertiary/aromatic N) is 1. The molecule has 0 unspecified atom stereocenters. The highest BCUT2D eigenvalue weighted by molar-refractivity contribution is 7.94. The van der Waals surface area contributed by atoms with Crippen molar-refractivity contribution in [1.29, 1.82) is 0 Å². The molecule has 0 saturated heterocycles. The Morgan fingerprint density at radius 1 is 1.07 bits per heavy atom. The van der Waals surface area contributed by atoms with Crippen molar-refractivity contribution < 1.29 is 26.0 Å². The smallest absolute Gasteiger partial charge is 0.416 e. The summed E-state index contributed by atoms with van der Waals surface area (Å²) in [5, 5.41) is 0. The average molecular weight is 442 g/mol. The standard InChI is InChI=1S/C19H17F3N2O3S2/c20-19(21,22)13-5-7-14(8-6-13)24-29(25,26)17-10-9-16(28-17)15-11-23-18(27-15)12-3-1-2-4-12/h5-12,24H,1-4H2.